The van der Waals surface area contributed by atoms with E-state index in [1.54, 1.807) is 12.1 Å². The second-order valence-electron chi connectivity index (χ2n) is 5.44. The SMILES string of the molecule is CN(CC1CCC1)C(CN)c1ccc(OC(F)F)cc1. The van der Waals surface area contributed by atoms with Crippen LogP contribution >= 0.6 is 0 Å². The Balaban J connectivity index is 1.98. The monoisotopic (exact) mass is 284 g/mol. The molecule has 0 saturated heterocycles. The van der Waals surface area contributed by atoms with E-state index in [0.29, 0.717) is 6.54 Å². The molecule has 5 heteroatoms. The Morgan fingerprint density at radius 3 is 2.40 bits per heavy atom. The number of likely N-dealkylation sites (N-methyl/N-ethyl adjacent to an activating group) is 1. The molecule has 2 rings (SSSR count). The van der Waals surface area contributed by atoms with Gasteiger partial charge in [0.2, 0.25) is 0 Å². The van der Waals surface area contributed by atoms with Crippen molar-refractivity contribution in [3.8, 4) is 5.75 Å². The third kappa shape index (κ3) is 3.90. The van der Waals surface area contributed by atoms with Crippen molar-refractivity contribution in [3.63, 3.8) is 0 Å². The van der Waals surface area contributed by atoms with E-state index >= 15 is 0 Å². The number of hydrogen-bond acceptors (Lipinski definition) is 3. The smallest absolute Gasteiger partial charge is 0.387 e. The van der Waals surface area contributed by atoms with Gasteiger partial charge in [-0.3, -0.25) is 4.90 Å². The Kier molecular flexibility index (Phi) is 5.31. The van der Waals surface area contributed by atoms with Crippen LogP contribution in [-0.2, 0) is 0 Å². The molecule has 0 amide bonds. The van der Waals surface area contributed by atoms with Crippen LogP contribution in [0.1, 0.15) is 30.9 Å². The van der Waals surface area contributed by atoms with Gasteiger partial charge < -0.3 is 10.5 Å². The van der Waals surface area contributed by atoms with Crippen molar-refractivity contribution in [3.05, 3.63) is 29.8 Å². The molecule has 1 fully saturated rings. The zero-order valence-corrected chi connectivity index (χ0v) is 11.8. The Morgan fingerprint density at radius 1 is 1.30 bits per heavy atom. The molecule has 3 nitrogen and oxygen atoms in total. The molecule has 1 atom stereocenters. The largest absolute Gasteiger partial charge is 0.435 e. The van der Waals surface area contributed by atoms with Gasteiger partial charge in [-0.15, -0.1) is 0 Å². The molecule has 1 saturated carbocycles. The zero-order chi connectivity index (χ0) is 14.5. The third-order valence-electron chi connectivity index (χ3n) is 4.02. The van der Waals surface area contributed by atoms with E-state index in [4.69, 9.17) is 5.73 Å². The van der Waals surface area contributed by atoms with Gasteiger partial charge in [-0.25, -0.2) is 0 Å². The van der Waals surface area contributed by atoms with Gasteiger partial charge in [-0.1, -0.05) is 18.6 Å². The average Bonchev–Trinajstić information content (AvgIpc) is 2.36. The maximum Gasteiger partial charge on any atom is 0.387 e. The van der Waals surface area contributed by atoms with E-state index in [0.717, 1.165) is 18.0 Å². The highest BCUT2D eigenvalue weighted by Gasteiger charge is 2.23. The molecule has 1 aliphatic rings. The number of nitrogens with two attached hydrogens (primary N) is 1. The Bertz CT molecular complexity index is 407. The molecule has 1 aliphatic carbocycles. The van der Waals surface area contributed by atoms with Gasteiger partial charge >= 0.3 is 6.61 Å². The minimum atomic E-state index is -2.78. The van der Waals surface area contributed by atoms with Crippen molar-refractivity contribution in [2.45, 2.75) is 31.9 Å². The molecule has 0 aliphatic heterocycles. The standard InChI is InChI=1S/C15H22F2N2O/c1-19(10-11-3-2-4-11)14(9-18)12-5-7-13(8-6-12)20-15(16)17/h5-8,11,14-15H,2-4,9-10,18H2,1H3. The first-order valence-electron chi connectivity index (χ1n) is 7.05. The van der Waals surface area contributed by atoms with Crippen LogP contribution in [0.15, 0.2) is 24.3 Å². The van der Waals surface area contributed by atoms with E-state index < -0.39 is 6.61 Å². The Labute approximate surface area is 118 Å². The first-order valence-corrected chi connectivity index (χ1v) is 7.05. The Hall–Kier alpha value is -1.20. The predicted molar refractivity (Wildman–Crippen MR) is 74.8 cm³/mol. The predicted octanol–water partition coefficient (Wildman–Crippen LogP) is 3.02. The van der Waals surface area contributed by atoms with Crippen LogP contribution in [0.3, 0.4) is 0 Å². The summed E-state index contributed by atoms with van der Waals surface area (Å²) in [5, 5.41) is 0. The zero-order valence-electron chi connectivity index (χ0n) is 11.8. The van der Waals surface area contributed by atoms with Crippen LogP contribution in [0.25, 0.3) is 0 Å². The van der Waals surface area contributed by atoms with E-state index in [9.17, 15) is 8.78 Å². The fourth-order valence-corrected chi connectivity index (χ4v) is 2.65. The van der Waals surface area contributed by atoms with Crippen LogP contribution in [0.2, 0.25) is 0 Å². The summed E-state index contributed by atoms with van der Waals surface area (Å²) in [4.78, 5) is 2.26. The molecule has 112 valence electrons. The highest BCUT2D eigenvalue weighted by molar-refractivity contribution is 5.29. The average molecular weight is 284 g/mol. The van der Waals surface area contributed by atoms with E-state index in [-0.39, 0.29) is 11.8 Å². The first kappa shape index (κ1) is 15.2. The maximum absolute atomic E-state index is 12.1. The molecule has 0 heterocycles. The van der Waals surface area contributed by atoms with Gasteiger partial charge in [-0.2, -0.15) is 8.78 Å². The molecule has 1 aromatic rings. The lowest BCUT2D eigenvalue weighted by Gasteiger charge is -2.34. The summed E-state index contributed by atoms with van der Waals surface area (Å²) < 4.78 is 28.6. The van der Waals surface area contributed by atoms with E-state index in [2.05, 4.69) is 16.7 Å². The van der Waals surface area contributed by atoms with E-state index in [1.165, 1.54) is 19.3 Å². The summed E-state index contributed by atoms with van der Waals surface area (Å²) in [6.07, 6.45) is 3.91. The van der Waals surface area contributed by atoms with Crippen molar-refractivity contribution >= 4 is 0 Å². The lowest BCUT2D eigenvalue weighted by atomic mass is 9.85. The molecular weight excluding hydrogens is 262 g/mol. The number of rotatable bonds is 7. The number of halogens is 2. The Morgan fingerprint density at radius 2 is 1.95 bits per heavy atom. The van der Waals surface area contributed by atoms with Crippen LogP contribution < -0.4 is 10.5 Å². The number of ether oxygens (including phenoxy) is 1. The van der Waals surface area contributed by atoms with E-state index in [1.807, 2.05) is 12.1 Å². The molecule has 0 spiro atoms. The molecule has 2 N–H and O–H groups in total. The summed E-state index contributed by atoms with van der Waals surface area (Å²) in [5.41, 5.74) is 6.90. The van der Waals surface area contributed by atoms with Crippen LogP contribution in [0.5, 0.6) is 5.75 Å². The minimum Gasteiger partial charge on any atom is -0.435 e. The van der Waals surface area contributed by atoms with Crippen LogP contribution in [-0.4, -0.2) is 31.6 Å². The summed E-state index contributed by atoms with van der Waals surface area (Å²) in [7, 11) is 2.07. The van der Waals surface area contributed by atoms with Crippen molar-refractivity contribution in [1.82, 2.24) is 4.90 Å². The van der Waals surface area contributed by atoms with Gasteiger partial charge in [-0.05, 0) is 43.5 Å². The third-order valence-corrected chi connectivity index (χ3v) is 4.02. The van der Waals surface area contributed by atoms with Gasteiger partial charge in [0.1, 0.15) is 5.75 Å². The normalized spacial score (nSPS) is 17.3. The maximum atomic E-state index is 12.1. The van der Waals surface area contributed by atoms with Crippen molar-refractivity contribution in [1.29, 1.82) is 0 Å². The molecular formula is C15H22F2N2O. The van der Waals surface area contributed by atoms with Crippen LogP contribution in [0, 0.1) is 5.92 Å². The van der Waals surface area contributed by atoms with Gasteiger partial charge in [0.15, 0.2) is 0 Å². The summed E-state index contributed by atoms with van der Waals surface area (Å²) >= 11 is 0. The molecule has 0 bridgehead atoms. The van der Waals surface area contributed by atoms with Gasteiger partial charge in [0, 0.05) is 19.1 Å². The van der Waals surface area contributed by atoms with Gasteiger partial charge in [0.25, 0.3) is 0 Å². The van der Waals surface area contributed by atoms with Crippen molar-refractivity contribution < 1.29 is 13.5 Å². The second-order valence-corrected chi connectivity index (χ2v) is 5.44. The van der Waals surface area contributed by atoms with Crippen molar-refractivity contribution in [2.75, 3.05) is 20.1 Å². The number of alkyl halides is 2. The minimum absolute atomic E-state index is 0.121. The van der Waals surface area contributed by atoms with Gasteiger partial charge in [0.05, 0.1) is 0 Å². The summed E-state index contributed by atoms with van der Waals surface area (Å²) in [5.74, 6) is 0.955. The molecule has 1 aromatic carbocycles. The lowest BCUT2D eigenvalue weighted by Crippen LogP contribution is -2.36. The molecule has 0 radical (unpaired) electrons. The molecule has 20 heavy (non-hydrogen) atoms. The van der Waals surface area contributed by atoms with Crippen LogP contribution in [0.4, 0.5) is 8.78 Å². The fourth-order valence-electron chi connectivity index (χ4n) is 2.65. The highest BCUT2D eigenvalue weighted by atomic mass is 19.3. The molecule has 0 aromatic heterocycles. The number of nitrogens with zero attached hydrogens (tertiary/aromatic N) is 1. The quantitative estimate of drug-likeness (QED) is 0.836. The number of hydrogen-bond donors (Lipinski definition) is 1. The summed E-state index contributed by atoms with van der Waals surface area (Å²) in [6.45, 7) is -1.23. The van der Waals surface area contributed by atoms with Crippen molar-refractivity contribution in [2.24, 2.45) is 11.7 Å². The lowest BCUT2D eigenvalue weighted by molar-refractivity contribution is -0.0498. The first-order chi connectivity index (χ1) is 9.60. The highest BCUT2D eigenvalue weighted by Crippen LogP contribution is 2.30. The topological polar surface area (TPSA) is 38.5 Å². The number of benzene rings is 1. The second kappa shape index (κ2) is 6.99. The molecule has 1 unspecified atom stereocenters. The fraction of sp³-hybridized carbons (Fsp3) is 0.600. The summed E-state index contributed by atoms with van der Waals surface area (Å²) in [6, 6.07) is 6.89.